The molecule has 242 valence electrons. The summed E-state index contributed by atoms with van der Waals surface area (Å²) in [6, 6.07) is 15.9. The highest BCUT2D eigenvalue weighted by atomic mass is 19.1. The lowest BCUT2D eigenvalue weighted by Gasteiger charge is -2.43. The molecule has 47 heavy (non-hydrogen) atoms. The van der Waals surface area contributed by atoms with Crippen molar-refractivity contribution in [1.82, 2.24) is 34.3 Å². The molecule has 1 N–H and O–H groups in total. The van der Waals surface area contributed by atoms with Gasteiger partial charge >= 0.3 is 0 Å². The lowest BCUT2D eigenvalue weighted by Crippen LogP contribution is -2.56. The summed E-state index contributed by atoms with van der Waals surface area (Å²) in [7, 11) is 1.72. The molecule has 0 bridgehead atoms. The molecule has 3 aliphatic rings. The minimum Gasteiger partial charge on any atom is -0.486 e. The number of amides is 1. The molecule has 2 aromatic carbocycles. The molecule has 3 fully saturated rings. The number of hydrogen-bond acceptors (Lipinski definition) is 11. The predicted molar refractivity (Wildman–Crippen MR) is 171 cm³/mol. The largest absolute Gasteiger partial charge is 0.486 e. The van der Waals surface area contributed by atoms with Crippen LogP contribution >= 0.6 is 0 Å². The quantitative estimate of drug-likeness (QED) is 0.305. The highest BCUT2D eigenvalue weighted by molar-refractivity contribution is 5.92. The number of nitrogens with one attached hydrogen (secondary N) is 1. The number of rotatable bonds is 8. The first-order valence-corrected chi connectivity index (χ1v) is 15.7. The average molecular weight is 639 g/mol. The van der Waals surface area contributed by atoms with Crippen LogP contribution in [0.3, 0.4) is 0 Å². The fourth-order valence-electron chi connectivity index (χ4n) is 6.11. The standard InChI is InChI=1S/C33H35FN10O3/c1-41-21-36-16-28(41)32(45)44-9-8-30(27(34)17-44)47-29-7-2-22(14-23(29)15-35)31-37-20-38-33(40-31)39-24-3-5-25(6-4-24)42-10-12-43(13-11-42)26-18-46-19-26/h2-7,14,16,20-21,26-27,30H,8-13,17-19H2,1H3,(H,37,38,39,40)/t27-,30-/m0/s1. The number of hydrogen-bond donors (Lipinski definition) is 1. The molecule has 0 aliphatic carbocycles. The van der Waals surface area contributed by atoms with E-state index in [9.17, 15) is 10.1 Å². The minimum absolute atomic E-state index is 0.106. The summed E-state index contributed by atoms with van der Waals surface area (Å²) in [5, 5.41) is 13.1. The maximum Gasteiger partial charge on any atom is 0.272 e. The molecular formula is C33H35FN10O3. The first kappa shape index (κ1) is 30.5. The van der Waals surface area contributed by atoms with Crippen molar-refractivity contribution in [2.75, 3.05) is 62.7 Å². The summed E-state index contributed by atoms with van der Waals surface area (Å²) in [5.41, 5.74) is 3.23. The second-order valence-electron chi connectivity index (χ2n) is 11.9. The number of nitriles is 1. The van der Waals surface area contributed by atoms with Crippen LogP contribution in [0, 0.1) is 11.3 Å². The number of nitrogens with zero attached hydrogens (tertiary/aromatic N) is 9. The maximum atomic E-state index is 15.2. The number of halogens is 1. The molecule has 2 atom stereocenters. The van der Waals surface area contributed by atoms with Crippen molar-refractivity contribution in [3.05, 3.63) is 72.6 Å². The van der Waals surface area contributed by atoms with Crippen molar-refractivity contribution in [2.45, 2.75) is 24.7 Å². The highest BCUT2D eigenvalue weighted by Crippen LogP contribution is 2.29. The molecule has 4 aromatic rings. The van der Waals surface area contributed by atoms with Crippen LogP contribution in [-0.4, -0.2) is 111 Å². The first-order valence-electron chi connectivity index (χ1n) is 15.7. The smallest absolute Gasteiger partial charge is 0.272 e. The summed E-state index contributed by atoms with van der Waals surface area (Å²) in [4.78, 5) is 36.3. The SMILES string of the molecule is Cn1cncc1C(=O)N1CC[C@H](Oc2ccc(-c3ncnc(Nc4ccc(N5CCN(C6COC6)CC5)cc4)n3)cc2C#N)[C@@H](F)C1. The third-order valence-corrected chi connectivity index (χ3v) is 8.95. The summed E-state index contributed by atoms with van der Waals surface area (Å²) in [6.07, 6.45) is 2.48. The van der Waals surface area contributed by atoms with E-state index >= 15 is 4.39 Å². The zero-order valence-corrected chi connectivity index (χ0v) is 26.0. The van der Waals surface area contributed by atoms with Gasteiger partial charge in [-0.3, -0.25) is 9.69 Å². The van der Waals surface area contributed by atoms with Gasteiger partial charge in [-0.15, -0.1) is 0 Å². The number of aryl methyl sites for hydroxylation is 1. The molecule has 1 amide bonds. The monoisotopic (exact) mass is 638 g/mol. The number of likely N-dealkylation sites (tertiary alicyclic amines) is 1. The average Bonchev–Trinajstić information content (AvgIpc) is 3.51. The second kappa shape index (κ2) is 13.3. The van der Waals surface area contributed by atoms with E-state index in [-0.39, 0.29) is 30.2 Å². The Balaban J connectivity index is 0.967. The number of carbonyl (C=O) groups excluding carboxylic acids is 1. The van der Waals surface area contributed by atoms with Crippen LogP contribution in [0.2, 0.25) is 0 Å². The van der Waals surface area contributed by atoms with Crippen LogP contribution in [0.15, 0.2) is 61.3 Å². The van der Waals surface area contributed by atoms with E-state index in [2.05, 4.69) is 53.3 Å². The van der Waals surface area contributed by atoms with Gasteiger partial charge in [-0.2, -0.15) is 10.2 Å². The fourth-order valence-corrected chi connectivity index (χ4v) is 6.11. The van der Waals surface area contributed by atoms with Gasteiger partial charge in [0.25, 0.3) is 5.91 Å². The Morgan fingerprint density at radius 1 is 1.09 bits per heavy atom. The van der Waals surface area contributed by atoms with Crippen molar-refractivity contribution >= 4 is 23.2 Å². The molecule has 5 heterocycles. The Morgan fingerprint density at radius 2 is 1.89 bits per heavy atom. The van der Waals surface area contributed by atoms with Crippen LogP contribution in [-0.2, 0) is 11.8 Å². The number of anilines is 3. The second-order valence-corrected chi connectivity index (χ2v) is 11.9. The number of ether oxygens (including phenoxy) is 2. The first-order chi connectivity index (χ1) is 22.9. The Morgan fingerprint density at radius 3 is 2.57 bits per heavy atom. The van der Waals surface area contributed by atoms with Crippen LogP contribution in [0.4, 0.5) is 21.7 Å². The molecule has 0 saturated carbocycles. The maximum absolute atomic E-state index is 15.2. The molecule has 0 radical (unpaired) electrons. The van der Waals surface area contributed by atoms with Gasteiger partial charge in [0.2, 0.25) is 5.95 Å². The van der Waals surface area contributed by atoms with Crippen molar-refractivity contribution in [3.63, 3.8) is 0 Å². The third-order valence-electron chi connectivity index (χ3n) is 8.95. The topological polar surface area (TPSA) is 138 Å². The van der Waals surface area contributed by atoms with Gasteiger partial charge in [0.05, 0.1) is 43.9 Å². The number of imidazole rings is 1. The number of carbonyl (C=O) groups is 1. The summed E-state index contributed by atoms with van der Waals surface area (Å²) in [5.74, 6) is 0.731. The van der Waals surface area contributed by atoms with Gasteiger partial charge in [0, 0.05) is 63.1 Å². The Bertz CT molecular complexity index is 1760. The van der Waals surface area contributed by atoms with Crippen molar-refractivity contribution in [2.24, 2.45) is 7.05 Å². The van der Waals surface area contributed by atoms with Crippen LogP contribution in [0.25, 0.3) is 11.4 Å². The van der Waals surface area contributed by atoms with Crippen LogP contribution in [0.1, 0.15) is 22.5 Å². The van der Waals surface area contributed by atoms with Crippen LogP contribution in [0.5, 0.6) is 5.75 Å². The third kappa shape index (κ3) is 6.58. The summed E-state index contributed by atoms with van der Waals surface area (Å²) >= 11 is 0. The molecule has 0 unspecified atom stereocenters. The van der Waals surface area contributed by atoms with Gasteiger partial charge in [0.1, 0.15) is 29.9 Å². The molecule has 3 saturated heterocycles. The Labute approximate surface area is 271 Å². The van der Waals surface area contributed by atoms with Crippen molar-refractivity contribution < 1.29 is 18.7 Å². The minimum atomic E-state index is -1.42. The fraction of sp³-hybridized carbons (Fsp3) is 0.394. The van der Waals surface area contributed by atoms with Gasteiger partial charge in [0.15, 0.2) is 12.0 Å². The normalized spacial score (nSPS) is 20.4. The zero-order chi connectivity index (χ0) is 32.3. The number of benzene rings is 2. The van der Waals surface area contributed by atoms with E-state index in [0.717, 1.165) is 45.1 Å². The Kier molecular flexibility index (Phi) is 8.64. The molecule has 14 heteroatoms. The molecule has 3 aliphatic heterocycles. The summed E-state index contributed by atoms with van der Waals surface area (Å²) < 4.78 is 28.1. The molecule has 0 spiro atoms. The van der Waals surface area contributed by atoms with Gasteiger partial charge in [-0.1, -0.05) is 0 Å². The zero-order valence-electron chi connectivity index (χ0n) is 26.0. The van der Waals surface area contributed by atoms with Crippen molar-refractivity contribution in [3.8, 4) is 23.2 Å². The van der Waals surface area contributed by atoms with E-state index in [1.54, 1.807) is 29.8 Å². The van der Waals surface area contributed by atoms with Gasteiger partial charge in [-0.25, -0.2) is 19.3 Å². The van der Waals surface area contributed by atoms with Crippen molar-refractivity contribution in [1.29, 1.82) is 5.26 Å². The van der Waals surface area contributed by atoms with E-state index in [0.29, 0.717) is 35.6 Å². The van der Waals surface area contributed by atoms with E-state index in [4.69, 9.17) is 9.47 Å². The summed E-state index contributed by atoms with van der Waals surface area (Å²) in [6.45, 7) is 5.95. The van der Waals surface area contributed by atoms with Gasteiger partial charge in [-0.05, 0) is 42.5 Å². The van der Waals surface area contributed by atoms with Gasteiger partial charge < -0.3 is 29.2 Å². The van der Waals surface area contributed by atoms with Crippen LogP contribution < -0.4 is 15.0 Å². The molecule has 7 rings (SSSR count). The lowest BCUT2D eigenvalue weighted by molar-refractivity contribution is -0.0660. The molecule has 13 nitrogen and oxygen atoms in total. The van der Waals surface area contributed by atoms with E-state index in [1.807, 2.05) is 12.1 Å². The van der Waals surface area contributed by atoms with E-state index in [1.165, 1.54) is 29.4 Å². The predicted octanol–water partition coefficient (Wildman–Crippen LogP) is 3.04. The Hall–Kier alpha value is -5.13. The highest BCUT2D eigenvalue weighted by Gasteiger charge is 2.34. The molecular weight excluding hydrogens is 603 g/mol. The lowest BCUT2D eigenvalue weighted by atomic mass is 10.0. The van der Waals surface area contributed by atoms with E-state index < -0.39 is 12.3 Å². The number of aromatic nitrogens is 5. The number of piperazine rings is 1. The number of piperidine rings is 1. The number of alkyl halides is 1. The molecule has 2 aromatic heterocycles.